The number of amides is 2. The van der Waals surface area contributed by atoms with Gasteiger partial charge in [-0.3, -0.25) is 9.59 Å². The van der Waals surface area contributed by atoms with E-state index in [1.54, 1.807) is 37.4 Å². The van der Waals surface area contributed by atoms with Crippen LogP contribution >= 0.6 is 0 Å². The predicted molar refractivity (Wildman–Crippen MR) is 121 cm³/mol. The molecule has 0 radical (unpaired) electrons. The lowest BCUT2D eigenvalue weighted by Crippen LogP contribution is -2.51. The minimum atomic E-state index is -0.380. The van der Waals surface area contributed by atoms with E-state index >= 15 is 0 Å². The topological polar surface area (TPSA) is 140 Å². The molecule has 2 heterocycles. The summed E-state index contributed by atoms with van der Waals surface area (Å²) >= 11 is 0. The number of anilines is 1. The molecule has 2 atom stereocenters. The smallest absolute Gasteiger partial charge is 0.270 e. The van der Waals surface area contributed by atoms with Crippen molar-refractivity contribution in [3.8, 4) is 17.2 Å². The Morgan fingerprint density at radius 1 is 0.970 bits per heavy atom. The quantitative estimate of drug-likeness (QED) is 0.425. The van der Waals surface area contributed by atoms with Crippen molar-refractivity contribution < 1.29 is 19.1 Å². The Kier molecular flexibility index (Phi) is 6.65. The summed E-state index contributed by atoms with van der Waals surface area (Å²) in [6.07, 6.45) is 1.42. The lowest BCUT2D eigenvalue weighted by molar-refractivity contribution is 0.0894. The molecule has 2 aromatic carbocycles. The van der Waals surface area contributed by atoms with Crippen molar-refractivity contribution in [1.82, 2.24) is 25.9 Å². The molecule has 33 heavy (non-hydrogen) atoms. The molecule has 10 heteroatoms. The number of nitrogens with two attached hydrogens (primary N) is 1. The van der Waals surface area contributed by atoms with Crippen molar-refractivity contribution in [2.45, 2.75) is 12.1 Å². The fraction of sp³-hybridized carbons (Fsp3) is 0.217. The molecule has 1 saturated heterocycles. The molecule has 170 valence electrons. The summed E-state index contributed by atoms with van der Waals surface area (Å²) in [5, 5.41) is 9.03. The molecule has 0 bridgehead atoms. The van der Waals surface area contributed by atoms with Crippen molar-refractivity contribution in [1.29, 1.82) is 0 Å². The maximum absolute atomic E-state index is 12.8. The number of ether oxygens (including phenoxy) is 2. The van der Waals surface area contributed by atoms with E-state index < -0.39 is 0 Å². The third-order valence-electron chi connectivity index (χ3n) is 5.17. The van der Waals surface area contributed by atoms with Crippen molar-refractivity contribution in [2.24, 2.45) is 0 Å². The Labute approximate surface area is 190 Å². The van der Waals surface area contributed by atoms with E-state index in [0.717, 1.165) is 0 Å². The number of aromatic nitrogens is 2. The van der Waals surface area contributed by atoms with Gasteiger partial charge in [0.15, 0.2) is 11.5 Å². The van der Waals surface area contributed by atoms with Crippen LogP contribution in [0.3, 0.4) is 0 Å². The SMILES string of the molecule is COc1ccccc1Oc1ccc(C(=O)N[C@@H]2CNC[C@H]2NC(=O)c2ccnc(N)n2)cc1. The van der Waals surface area contributed by atoms with Gasteiger partial charge in [-0.1, -0.05) is 12.1 Å². The first-order valence-corrected chi connectivity index (χ1v) is 10.4. The second-order valence-electron chi connectivity index (χ2n) is 7.40. The fourth-order valence-electron chi connectivity index (χ4n) is 3.48. The molecule has 2 amide bonds. The second kappa shape index (κ2) is 9.96. The first-order chi connectivity index (χ1) is 16.0. The fourth-order valence-corrected chi connectivity index (χ4v) is 3.48. The molecule has 1 aromatic heterocycles. The van der Waals surface area contributed by atoms with Gasteiger partial charge < -0.3 is 31.2 Å². The number of rotatable bonds is 7. The normalized spacial score (nSPS) is 17.2. The first-order valence-electron chi connectivity index (χ1n) is 10.4. The van der Waals surface area contributed by atoms with Gasteiger partial charge in [-0.2, -0.15) is 0 Å². The van der Waals surface area contributed by atoms with Crippen LogP contribution in [0, 0.1) is 0 Å². The van der Waals surface area contributed by atoms with Crippen molar-refractivity contribution >= 4 is 17.8 Å². The lowest BCUT2D eigenvalue weighted by atomic mass is 10.1. The van der Waals surface area contributed by atoms with Crippen LogP contribution in [-0.4, -0.2) is 54.1 Å². The maximum atomic E-state index is 12.8. The number of nitrogen functional groups attached to an aromatic ring is 1. The Bertz CT molecular complexity index is 1140. The number of carbonyl (C=O) groups excluding carboxylic acids is 2. The van der Waals surface area contributed by atoms with Gasteiger partial charge in [0.1, 0.15) is 11.4 Å². The molecule has 5 N–H and O–H groups in total. The van der Waals surface area contributed by atoms with E-state index in [-0.39, 0.29) is 35.5 Å². The molecular weight excluding hydrogens is 424 g/mol. The Hall–Kier alpha value is -4.18. The van der Waals surface area contributed by atoms with Crippen LogP contribution in [0.5, 0.6) is 17.2 Å². The molecule has 1 aliphatic rings. The number of carbonyl (C=O) groups is 2. The van der Waals surface area contributed by atoms with Crippen molar-refractivity contribution in [3.05, 3.63) is 72.1 Å². The molecule has 3 aromatic rings. The number of benzene rings is 2. The number of nitrogens with zero attached hydrogens (tertiary/aromatic N) is 2. The third kappa shape index (κ3) is 5.36. The van der Waals surface area contributed by atoms with Gasteiger partial charge in [-0.15, -0.1) is 0 Å². The van der Waals surface area contributed by atoms with Crippen molar-refractivity contribution in [3.63, 3.8) is 0 Å². The molecule has 10 nitrogen and oxygen atoms in total. The highest BCUT2D eigenvalue weighted by Gasteiger charge is 2.30. The Morgan fingerprint density at radius 2 is 1.64 bits per heavy atom. The van der Waals surface area contributed by atoms with Crippen LogP contribution < -0.4 is 31.2 Å². The minimum Gasteiger partial charge on any atom is -0.493 e. The summed E-state index contributed by atoms with van der Waals surface area (Å²) in [5.74, 6) is 1.17. The van der Waals surface area contributed by atoms with Crippen LogP contribution in [0.25, 0.3) is 0 Å². The standard InChI is InChI=1S/C23H24N6O4/c1-32-19-4-2-3-5-20(19)33-15-8-6-14(7-9-15)21(30)27-17-12-25-13-18(17)28-22(31)16-10-11-26-23(24)29-16/h2-11,17-18,25H,12-13H2,1H3,(H,27,30)(H,28,31)(H2,24,26,29)/t17-,18-/m1/s1. The zero-order valence-corrected chi connectivity index (χ0v) is 17.9. The van der Waals surface area contributed by atoms with E-state index in [2.05, 4.69) is 25.9 Å². The summed E-state index contributed by atoms with van der Waals surface area (Å²) in [7, 11) is 1.58. The number of hydrogen-bond acceptors (Lipinski definition) is 8. The highest BCUT2D eigenvalue weighted by atomic mass is 16.5. The van der Waals surface area contributed by atoms with Gasteiger partial charge in [-0.05, 0) is 42.5 Å². The highest BCUT2D eigenvalue weighted by molar-refractivity contribution is 5.95. The number of nitrogens with one attached hydrogen (secondary N) is 3. The summed E-state index contributed by atoms with van der Waals surface area (Å²) in [6, 6.07) is 15.0. The summed E-state index contributed by atoms with van der Waals surface area (Å²) in [5.41, 5.74) is 6.19. The molecule has 1 fully saturated rings. The number of methoxy groups -OCH3 is 1. The number of para-hydroxylation sites is 2. The van der Waals surface area contributed by atoms with Gasteiger partial charge in [0.05, 0.1) is 19.2 Å². The van der Waals surface area contributed by atoms with E-state index in [0.29, 0.717) is 35.9 Å². The predicted octanol–water partition coefficient (Wildman–Crippen LogP) is 1.36. The molecule has 0 aliphatic carbocycles. The zero-order chi connectivity index (χ0) is 23.2. The van der Waals surface area contributed by atoms with Crippen LogP contribution in [-0.2, 0) is 0 Å². The third-order valence-corrected chi connectivity index (χ3v) is 5.17. The molecule has 1 aliphatic heterocycles. The summed E-state index contributed by atoms with van der Waals surface area (Å²) in [4.78, 5) is 32.9. The molecule has 4 rings (SSSR count). The Balaban J connectivity index is 1.36. The van der Waals surface area contributed by atoms with Gasteiger partial charge in [-0.25, -0.2) is 9.97 Å². The van der Waals surface area contributed by atoms with Crippen LogP contribution in [0.15, 0.2) is 60.8 Å². The lowest BCUT2D eigenvalue weighted by Gasteiger charge is -2.21. The largest absolute Gasteiger partial charge is 0.493 e. The van der Waals surface area contributed by atoms with E-state index in [1.165, 1.54) is 12.3 Å². The average Bonchev–Trinajstić information content (AvgIpc) is 3.26. The second-order valence-corrected chi connectivity index (χ2v) is 7.40. The zero-order valence-electron chi connectivity index (χ0n) is 17.9. The minimum absolute atomic E-state index is 0.0233. The van der Waals surface area contributed by atoms with Gasteiger partial charge in [0.2, 0.25) is 5.95 Å². The van der Waals surface area contributed by atoms with Crippen LogP contribution in [0.2, 0.25) is 0 Å². The monoisotopic (exact) mass is 448 g/mol. The first kappa shape index (κ1) is 22.0. The van der Waals surface area contributed by atoms with Gasteiger partial charge >= 0.3 is 0 Å². The number of hydrogen-bond donors (Lipinski definition) is 4. The van der Waals surface area contributed by atoms with Gasteiger partial charge in [0, 0.05) is 24.8 Å². The Morgan fingerprint density at radius 3 is 2.30 bits per heavy atom. The molecule has 0 spiro atoms. The van der Waals surface area contributed by atoms with Crippen molar-refractivity contribution in [2.75, 3.05) is 25.9 Å². The van der Waals surface area contributed by atoms with E-state index in [9.17, 15) is 9.59 Å². The van der Waals surface area contributed by atoms with E-state index in [1.807, 2.05) is 18.2 Å². The van der Waals surface area contributed by atoms with Crippen LogP contribution in [0.4, 0.5) is 5.95 Å². The highest BCUT2D eigenvalue weighted by Crippen LogP contribution is 2.30. The summed E-state index contributed by atoms with van der Waals surface area (Å²) < 4.78 is 11.1. The van der Waals surface area contributed by atoms with Gasteiger partial charge in [0.25, 0.3) is 11.8 Å². The average molecular weight is 448 g/mol. The molecule has 0 unspecified atom stereocenters. The van der Waals surface area contributed by atoms with Crippen LogP contribution in [0.1, 0.15) is 20.8 Å². The van der Waals surface area contributed by atoms with E-state index in [4.69, 9.17) is 15.2 Å². The molecular formula is C23H24N6O4. The maximum Gasteiger partial charge on any atom is 0.270 e. The summed E-state index contributed by atoms with van der Waals surface area (Å²) in [6.45, 7) is 1.04. The molecule has 0 saturated carbocycles.